The van der Waals surface area contributed by atoms with Gasteiger partial charge in [0.05, 0.1) is 7.11 Å². The molecule has 4 rings (SSSR count). The minimum absolute atomic E-state index is 0.285. The van der Waals surface area contributed by atoms with Gasteiger partial charge in [-0.15, -0.1) is 5.10 Å². The first-order chi connectivity index (χ1) is 17.1. The van der Waals surface area contributed by atoms with Crippen molar-refractivity contribution in [3.63, 3.8) is 0 Å². The molecule has 0 fully saturated rings. The number of pyridine rings is 1. The SMILES string of the molecule is C=C(C)c1ccnc(C=Cc2ccc(-c3nnnn3COC)cc2)c1OCc1cccc(OC)c1. The van der Waals surface area contributed by atoms with Gasteiger partial charge >= 0.3 is 0 Å². The third-order valence-electron chi connectivity index (χ3n) is 5.30. The summed E-state index contributed by atoms with van der Waals surface area (Å²) in [6.45, 7) is 6.73. The first-order valence-electron chi connectivity index (χ1n) is 11.0. The topological polar surface area (TPSA) is 84.2 Å². The summed E-state index contributed by atoms with van der Waals surface area (Å²) < 4.78 is 18.3. The maximum absolute atomic E-state index is 6.24. The summed E-state index contributed by atoms with van der Waals surface area (Å²) in [5.74, 6) is 2.12. The van der Waals surface area contributed by atoms with E-state index in [1.54, 1.807) is 25.1 Å². The first kappa shape index (κ1) is 23.8. The first-order valence-corrected chi connectivity index (χ1v) is 11.0. The van der Waals surface area contributed by atoms with Crippen LogP contribution in [0.15, 0.2) is 67.4 Å². The number of rotatable bonds is 10. The normalized spacial score (nSPS) is 11.1. The Kier molecular flexibility index (Phi) is 7.64. The van der Waals surface area contributed by atoms with Crippen LogP contribution in [0.2, 0.25) is 0 Å². The summed E-state index contributed by atoms with van der Waals surface area (Å²) >= 11 is 0. The molecular formula is C27H27N5O3. The smallest absolute Gasteiger partial charge is 0.184 e. The molecule has 0 bridgehead atoms. The highest BCUT2D eigenvalue weighted by Gasteiger charge is 2.12. The Morgan fingerprint density at radius 3 is 2.63 bits per heavy atom. The van der Waals surface area contributed by atoms with Gasteiger partial charge in [-0.1, -0.05) is 49.1 Å². The average Bonchev–Trinajstić information content (AvgIpc) is 3.35. The molecule has 0 amide bonds. The van der Waals surface area contributed by atoms with Crippen LogP contribution in [0.4, 0.5) is 0 Å². The molecule has 8 heteroatoms. The summed E-state index contributed by atoms with van der Waals surface area (Å²) in [5.41, 5.74) is 5.45. The predicted octanol–water partition coefficient (Wildman–Crippen LogP) is 5.13. The highest BCUT2D eigenvalue weighted by atomic mass is 16.5. The number of nitrogens with zero attached hydrogens (tertiary/aromatic N) is 5. The molecule has 0 spiro atoms. The molecule has 0 aliphatic carbocycles. The number of tetrazole rings is 1. The molecule has 0 radical (unpaired) electrons. The van der Waals surface area contributed by atoms with Crippen LogP contribution < -0.4 is 9.47 Å². The van der Waals surface area contributed by atoms with Crippen molar-refractivity contribution >= 4 is 17.7 Å². The molecule has 0 unspecified atom stereocenters. The van der Waals surface area contributed by atoms with Crippen LogP contribution in [0.5, 0.6) is 11.5 Å². The summed E-state index contributed by atoms with van der Waals surface area (Å²) in [5, 5.41) is 11.8. The van der Waals surface area contributed by atoms with E-state index in [4.69, 9.17) is 14.2 Å². The number of hydrogen-bond donors (Lipinski definition) is 0. The van der Waals surface area contributed by atoms with Gasteiger partial charge in [0.1, 0.15) is 24.8 Å². The van der Waals surface area contributed by atoms with Gasteiger partial charge in [-0.05, 0) is 58.3 Å². The Bertz CT molecular complexity index is 1330. The molecule has 35 heavy (non-hydrogen) atoms. The monoisotopic (exact) mass is 469 g/mol. The lowest BCUT2D eigenvalue weighted by Crippen LogP contribution is -2.04. The second kappa shape index (κ2) is 11.2. The van der Waals surface area contributed by atoms with E-state index in [-0.39, 0.29) is 6.73 Å². The van der Waals surface area contributed by atoms with Gasteiger partial charge in [-0.3, -0.25) is 4.98 Å². The van der Waals surface area contributed by atoms with Gasteiger partial charge in [0, 0.05) is 24.4 Å². The minimum Gasteiger partial charge on any atom is -0.497 e. The maximum Gasteiger partial charge on any atom is 0.184 e. The van der Waals surface area contributed by atoms with Crippen molar-refractivity contribution in [3.8, 4) is 22.9 Å². The Morgan fingerprint density at radius 2 is 1.89 bits per heavy atom. The Hall–Kier alpha value is -4.30. The number of hydrogen-bond acceptors (Lipinski definition) is 7. The van der Waals surface area contributed by atoms with Crippen LogP contribution in [-0.4, -0.2) is 39.4 Å². The van der Waals surface area contributed by atoms with Gasteiger partial charge in [-0.25, -0.2) is 0 Å². The third-order valence-corrected chi connectivity index (χ3v) is 5.30. The van der Waals surface area contributed by atoms with E-state index in [0.717, 1.165) is 39.3 Å². The third kappa shape index (κ3) is 5.80. The van der Waals surface area contributed by atoms with E-state index in [0.29, 0.717) is 18.2 Å². The standard InChI is InChI=1S/C27H27N5O3/c1-19(2)24-14-15-28-25(26(24)35-17-21-6-5-7-23(16-21)34-4)13-10-20-8-11-22(12-9-20)27-29-30-31-32(27)18-33-3/h5-16H,1,17-18H2,2-4H3. The second-order valence-corrected chi connectivity index (χ2v) is 7.87. The molecule has 0 saturated heterocycles. The Labute approximate surface area is 204 Å². The Balaban J connectivity index is 1.56. The fourth-order valence-electron chi connectivity index (χ4n) is 3.53. The molecule has 0 aliphatic heterocycles. The van der Waals surface area contributed by atoms with Gasteiger partial charge in [0.15, 0.2) is 11.6 Å². The van der Waals surface area contributed by atoms with E-state index in [1.807, 2.05) is 73.7 Å². The van der Waals surface area contributed by atoms with Gasteiger partial charge < -0.3 is 14.2 Å². The van der Waals surface area contributed by atoms with E-state index >= 15 is 0 Å². The fraction of sp³-hybridized carbons (Fsp3) is 0.185. The van der Waals surface area contributed by atoms with Crippen molar-refractivity contribution in [2.75, 3.05) is 14.2 Å². The molecular weight excluding hydrogens is 442 g/mol. The maximum atomic E-state index is 6.24. The van der Waals surface area contributed by atoms with Crippen molar-refractivity contribution in [1.29, 1.82) is 0 Å². The molecule has 0 aliphatic rings. The van der Waals surface area contributed by atoms with Gasteiger partial charge in [0.2, 0.25) is 0 Å². The molecule has 0 saturated carbocycles. The zero-order valence-electron chi connectivity index (χ0n) is 20.0. The van der Waals surface area contributed by atoms with E-state index in [2.05, 4.69) is 27.1 Å². The second-order valence-electron chi connectivity index (χ2n) is 7.87. The van der Waals surface area contributed by atoms with Crippen LogP contribution in [0, 0.1) is 0 Å². The van der Waals surface area contributed by atoms with Crippen molar-refractivity contribution < 1.29 is 14.2 Å². The number of benzene rings is 2. The number of ether oxygens (including phenoxy) is 3. The van der Waals surface area contributed by atoms with E-state index < -0.39 is 0 Å². The largest absolute Gasteiger partial charge is 0.497 e. The molecule has 2 aromatic heterocycles. The lowest BCUT2D eigenvalue weighted by atomic mass is 10.1. The number of aromatic nitrogens is 5. The van der Waals surface area contributed by atoms with Gasteiger partial charge in [-0.2, -0.15) is 4.68 Å². The fourth-order valence-corrected chi connectivity index (χ4v) is 3.53. The van der Waals surface area contributed by atoms with Crippen LogP contribution in [-0.2, 0) is 18.1 Å². The van der Waals surface area contributed by atoms with Crippen molar-refractivity contribution in [3.05, 3.63) is 89.8 Å². The van der Waals surface area contributed by atoms with Crippen LogP contribution in [0.25, 0.3) is 29.1 Å². The molecule has 0 atom stereocenters. The van der Waals surface area contributed by atoms with Crippen LogP contribution in [0.3, 0.4) is 0 Å². The van der Waals surface area contributed by atoms with Crippen LogP contribution >= 0.6 is 0 Å². The molecule has 178 valence electrons. The van der Waals surface area contributed by atoms with Crippen molar-refractivity contribution in [2.45, 2.75) is 20.3 Å². The van der Waals surface area contributed by atoms with Crippen molar-refractivity contribution in [1.82, 2.24) is 25.2 Å². The highest BCUT2D eigenvalue weighted by molar-refractivity contribution is 5.77. The molecule has 0 N–H and O–H groups in total. The molecule has 2 aromatic carbocycles. The quantitative estimate of drug-likeness (QED) is 0.318. The van der Waals surface area contributed by atoms with Crippen molar-refractivity contribution in [2.24, 2.45) is 0 Å². The molecule has 2 heterocycles. The zero-order valence-corrected chi connectivity index (χ0v) is 20.0. The number of methoxy groups -OCH3 is 2. The zero-order chi connectivity index (χ0) is 24.6. The van der Waals surface area contributed by atoms with Gasteiger partial charge in [0.25, 0.3) is 0 Å². The Morgan fingerprint density at radius 1 is 1.06 bits per heavy atom. The summed E-state index contributed by atoms with van der Waals surface area (Å²) in [6.07, 6.45) is 5.70. The highest BCUT2D eigenvalue weighted by Crippen LogP contribution is 2.30. The summed E-state index contributed by atoms with van der Waals surface area (Å²) in [7, 11) is 3.25. The lowest BCUT2D eigenvalue weighted by molar-refractivity contribution is 0.120. The average molecular weight is 470 g/mol. The minimum atomic E-state index is 0.285. The summed E-state index contributed by atoms with van der Waals surface area (Å²) in [4.78, 5) is 4.55. The molecule has 4 aromatic rings. The lowest BCUT2D eigenvalue weighted by Gasteiger charge is -2.14. The van der Waals surface area contributed by atoms with Crippen LogP contribution in [0.1, 0.15) is 29.3 Å². The summed E-state index contributed by atoms with van der Waals surface area (Å²) in [6, 6.07) is 17.7. The number of allylic oxidation sites excluding steroid dienone is 1. The van der Waals surface area contributed by atoms with E-state index in [9.17, 15) is 0 Å². The van der Waals surface area contributed by atoms with E-state index in [1.165, 1.54) is 0 Å². The molecule has 8 nitrogen and oxygen atoms in total. The predicted molar refractivity (Wildman–Crippen MR) is 135 cm³/mol.